The molecule has 0 saturated heterocycles. The molecule has 1 aromatic carbocycles. The summed E-state index contributed by atoms with van der Waals surface area (Å²) in [5.74, 6) is 1.31. The first-order valence-electron chi connectivity index (χ1n) is 6.34. The quantitative estimate of drug-likeness (QED) is 0.797. The Labute approximate surface area is 125 Å². The van der Waals surface area contributed by atoms with Crippen molar-refractivity contribution in [3.05, 3.63) is 40.0 Å². The Balaban J connectivity index is 1.94. The molecule has 0 saturated carbocycles. The van der Waals surface area contributed by atoms with E-state index >= 15 is 0 Å². The van der Waals surface area contributed by atoms with Gasteiger partial charge in [-0.2, -0.15) is 0 Å². The van der Waals surface area contributed by atoms with E-state index in [1.807, 2.05) is 31.2 Å². The van der Waals surface area contributed by atoms with Crippen molar-refractivity contribution in [3.63, 3.8) is 0 Å². The Kier molecular flexibility index (Phi) is 3.57. The summed E-state index contributed by atoms with van der Waals surface area (Å²) in [5, 5.41) is 8.56. The molecule has 0 fully saturated rings. The summed E-state index contributed by atoms with van der Waals surface area (Å²) in [6, 6.07) is 7.88. The minimum Gasteiger partial charge on any atom is -0.497 e. The second kappa shape index (κ2) is 5.53. The second-order valence-electron chi connectivity index (χ2n) is 4.44. The van der Waals surface area contributed by atoms with Crippen molar-refractivity contribution in [3.8, 4) is 17.0 Å². The van der Waals surface area contributed by atoms with E-state index in [0.29, 0.717) is 12.3 Å². The van der Waals surface area contributed by atoms with Crippen LogP contribution in [0.1, 0.15) is 15.8 Å². The maximum atomic E-state index is 5.45. The number of ether oxygens (including phenoxy) is 1. The van der Waals surface area contributed by atoms with E-state index < -0.39 is 0 Å². The zero-order chi connectivity index (χ0) is 14.8. The van der Waals surface area contributed by atoms with Crippen molar-refractivity contribution >= 4 is 17.4 Å². The van der Waals surface area contributed by atoms with Crippen LogP contribution in [0.3, 0.4) is 0 Å². The molecular weight excluding hydrogens is 288 g/mol. The number of nitrogens with zero attached hydrogens (tertiary/aromatic N) is 3. The number of hydrogen-bond acceptors (Lipinski definition) is 7. The van der Waals surface area contributed by atoms with E-state index in [2.05, 4.69) is 15.2 Å². The van der Waals surface area contributed by atoms with Gasteiger partial charge in [0.25, 0.3) is 0 Å². The second-order valence-corrected chi connectivity index (χ2v) is 5.73. The Morgan fingerprint density at radius 2 is 2.00 bits per heavy atom. The lowest BCUT2D eigenvalue weighted by atomic mass is 10.1. The third-order valence-corrected chi connectivity index (χ3v) is 3.93. The first kappa shape index (κ1) is 13.6. The summed E-state index contributed by atoms with van der Waals surface area (Å²) >= 11 is 1.61. The number of nitrogen functional groups attached to an aromatic ring is 1. The highest BCUT2D eigenvalue weighted by molar-refractivity contribution is 7.12. The lowest BCUT2D eigenvalue weighted by molar-refractivity contribution is 0.415. The molecule has 108 valence electrons. The van der Waals surface area contributed by atoms with Crippen LogP contribution in [0.5, 0.6) is 5.75 Å². The van der Waals surface area contributed by atoms with Gasteiger partial charge in [-0.25, -0.2) is 4.98 Å². The number of aromatic nitrogens is 3. The molecule has 0 aliphatic heterocycles. The molecule has 0 unspecified atom stereocenters. The lowest BCUT2D eigenvalue weighted by Crippen LogP contribution is -1.90. The van der Waals surface area contributed by atoms with Crippen LogP contribution in [0.4, 0.5) is 6.01 Å². The molecule has 0 radical (unpaired) electrons. The number of nitrogens with two attached hydrogens (primary N) is 1. The van der Waals surface area contributed by atoms with Crippen LogP contribution in [0, 0.1) is 6.92 Å². The highest BCUT2D eigenvalue weighted by atomic mass is 32.1. The molecule has 3 rings (SSSR count). The van der Waals surface area contributed by atoms with Crippen LogP contribution in [-0.4, -0.2) is 22.3 Å². The summed E-state index contributed by atoms with van der Waals surface area (Å²) in [5.41, 5.74) is 7.41. The van der Waals surface area contributed by atoms with Gasteiger partial charge in [0, 0.05) is 10.4 Å². The van der Waals surface area contributed by atoms with Gasteiger partial charge in [-0.3, -0.25) is 0 Å². The van der Waals surface area contributed by atoms with Crippen LogP contribution >= 0.6 is 11.3 Å². The standard InChI is InChI=1S/C14H14N4O2S/c1-8-16-13(9-3-5-10(19-2)6-4-9)11(21-8)7-12-17-18-14(15)20-12/h3-6H,7H2,1-2H3,(H2,15,18). The van der Waals surface area contributed by atoms with E-state index in [0.717, 1.165) is 26.9 Å². The number of rotatable bonds is 4. The molecule has 0 bridgehead atoms. The molecule has 2 N–H and O–H groups in total. The van der Waals surface area contributed by atoms with Gasteiger partial charge in [0.2, 0.25) is 5.89 Å². The highest BCUT2D eigenvalue weighted by Crippen LogP contribution is 2.30. The van der Waals surface area contributed by atoms with Gasteiger partial charge in [-0.05, 0) is 31.2 Å². The summed E-state index contributed by atoms with van der Waals surface area (Å²) in [6.07, 6.45) is 0.525. The van der Waals surface area contributed by atoms with E-state index in [9.17, 15) is 0 Å². The molecule has 2 aromatic heterocycles. The molecule has 6 nitrogen and oxygen atoms in total. The summed E-state index contributed by atoms with van der Waals surface area (Å²) in [6.45, 7) is 1.98. The molecule has 21 heavy (non-hydrogen) atoms. The van der Waals surface area contributed by atoms with Gasteiger partial charge in [-0.15, -0.1) is 16.4 Å². The monoisotopic (exact) mass is 302 g/mol. The van der Waals surface area contributed by atoms with E-state index in [4.69, 9.17) is 14.9 Å². The van der Waals surface area contributed by atoms with Crippen molar-refractivity contribution < 1.29 is 9.15 Å². The lowest BCUT2D eigenvalue weighted by Gasteiger charge is -2.03. The third kappa shape index (κ3) is 2.87. The molecule has 3 aromatic rings. The Hall–Kier alpha value is -2.41. The highest BCUT2D eigenvalue weighted by Gasteiger charge is 2.15. The largest absolute Gasteiger partial charge is 0.497 e. The predicted molar refractivity (Wildman–Crippen MR) is 80.4 cm³/mol. The van der Waals surface area contributed by atoms with Crippen molar-refractivity contribution in [2.24, 2.45) is 0 Å². The SMILES string of the molecule is COc1ccc(-c2nc(C)sc2Cc2nnc(N)o2)cc1. The number of benzene rings is 1. The first-order chi connectivity index (χ1) is 10.2. The van der Waals surface area contributed by atoms with Gasteiger partial charge in [0.05, 0.1) is 24.2 Å². The molecular formula is C14H14N4O2S. The fraction of sp³-hybridized carbons (Fsp3) is 0.214. The Morgan fingerprint density at radius 3 is 2.62 bits per heavy atom. The Bertz CT molecular complexity index is 749. The predicted octanol–water partition coefficient (Wildman–Crippen LogP) is 2.68. The minimum atomic E-state index is 0.0808. The van der Waals surface area contributed by atoms with Crippen LogP contribution < -0.4 is 10.5 Å². The normalized spacial score (nSPS) is 10.8. The van der Waals surface area contributed by atoms with Gasteiger partial charge >= 0.3 is 6.01 Å². The summed E-state index contributed by atoms with van der Waals surface area (Å²) in [4.78, 5) is 5.67. The molecule has 0 spiro atoms. The zero-order valence-corrected chi connectivity index (χ0v) is 12.5. The smallest absolute Gasteiger partial charge is 0.312 e. The zero-order valence-electron chi connectivity index (χ0n) is 11.7. The summed E-state index contributed by atoms with van der Waals surface area (Å²) in [7, 11) is 1.65. The van der Waals surface area contributed by atoms with Crippen LogP contribution in [0.15, 0.2) is 28.7 Å². The van der Waals surface area contributed by atoms with E-state index in [1.54, 1.807) is 18.4 Å². The number of thiazole rings is 1. The number of anilines is 1. The van der Waals surface area contributed by atoms with Gasteiger partial charge in [0.1, 0.15) is 5.75 Å². The molecule has 0 aliphatic carbocycles. The van der Waals surface area contributed by atoms with Crippen molar-refractivity contribution in [2.75, 3.05) is 12.8 Å². The topological polar surface area (TPSA) is 87.1 Å². The van der Waals surface area contributed by atoms with E-state index in [1.165, 1.54) is 0 Å². The maximum absolute atomic E-state index is 5.45. The molecule has 7 heteroatoms. The maximum Gasteiger partial charge on any atom is 0.312 e. The van der Waals surface area contributed by atoms with Crippen LogP contribution in [0.2, 0.25) is 0 Å². The number of aryl methyl sites for hydroxylation is 1. The van der Waals surface area contributed by atoms with Crippen molar-refractivity contribution in [2.45, 2.75) is 13.3 Å². The van der Waals surface area contributed by atoms with Gasteiger partial charge in [0.15, 0.2) is 0 Å². The van der Waals surface area contributed by atoms with Gasteiger partial charge < -0.3 is 14.9 Å². The first-order valence-corrected chi connectivity index (χ1v) is 7.16. The molecule has 0 aliphatic rings. The van der Waals surface area contributed by atoms with E-state index in [-0.39, 0.29) is 6.01 Å². The number of methoxy groups -OCH3 is 1. The molecule has 0 atom stereocenters. The average Bonchev–Trinajstić information content (AvgIpc) is 3.05. The molecule has 2 heterocycles. The fourth-order valence-electron chi connectivity index (χ4n) is 2.04. The van der Waals surface area contributed by atoms with Crippen LogP contribution in [-0.2, 0) is 6.42 Å². The van der Waals surface area contributed by atoms with Gasteiger partial charge in [-0.1, -0.05) is 5.10 Å². The number of hydrogen-bond donors (Lipinski definition) is 1. The molecule has 0 amide bonds. The minimum absolute atomic E-state index is 0.0808. The Morgan fingerprint density at radius 1 is 1.24 bits per heavy atom. The summed E-state index contributed by atoms with van der Waals surface area (Å²) < 4.78 is 10.4. The van der Waals surface area contributed by atoms with Crippen LogP contribution in [0.25, 0.3) is 11.3 Å². The van der Waals surface area contributed by atoms with Crippen molar-refractivity contribution in [1.29, 1.82) is 0 Å². The van der Waals surface area contributed by atoms with Crippen molar-refractivity contribution in [1.82, 2.24) is 15.2 Å². The fourth-order valence-corrected chi connectivity index (χ4v) is 2.99. The average molecular weight is 302 g/mol. The third-order valence-electron chi connectivity index (χ3n) is 2.96.